The van der Waals surface area contributed by atoms with Crippen molar-refractivity contribution in [3.8, 4) is 5.75 Å². The van der Waals surface area contributed by atoms with E-state index < -0.39 is 11.8 Å². The van der Waals surface area contributed by atoms with Crippen LogP contribution in [0.3, 0.4) is 0 Å². The van der Waals surface area contributed by atoms with Crippen molar-refractivity contribution in [2.45, 2.75) is 12.8 Å². The molecule has 0 atom stereocenters. The van der Waals surface area contributed by atoms with Crippen molar-refractivity contribution in [1.29, 1.82) is 0 Å². The van der Waals surface area contributed by atoms with E-state index in [0.717, 1.165) is 18.5 Å². The number of anilines is 2. The Kier molecular flexibility index (Phi) is 7.48. The van der Waals surface area contributed by atoms with Crippen LogP contribution in [0.15, 0.2) is 54.6 Å². The highest BCUT2D eigenvalue weighted by molar-refractivity contribution is 6.39. The molecule has 3 rings (SSSR count). The number of likely N-dealkylation sites (tertiary alicyclic amines) is 1. The van der Waals surface area contributed by atoms with Gasteiger partial charge >= 0.3 is 17.9 Å². The monoisotopic (exact) mass is 424 g/mol. The summed E-state index contributed by atoms with van der Waals surface area (Å²) in [6.45, 7) is 1.50. The van der Waals surface area contributed by atoms with Gasteiger partial charge in [0.2, 0.25) is 0 Å². The molecule has 0 bridgehead atoms. The summed E-state index contributed by atoms with van der Waals surface area (Å²) in [7, 11) is 3.86. The van der Waals surface area contributed by atoms with Gasteiger partial charge in [-0.15, -0.1) is 0 Å². The van der Waals surface area contributed by atoms with Gasteiger partial charge in [-0.05, 0) is 55.2 Å². The number of ether oxygens (including phenoxy) is 1. The highest BCUT2D eigenvalue weighted by Gasteiger charge is 2.25. The van der Waals surface area contributed by atoms with E-state index in [4.69, 9.17) is 4.74 Å². The van der Waals surface area contributed by atoms with Gasteiger partial charge in [0.15, 0.2) is 0 Å². The zero-order valence-corrected chi connectivity index (χ0v) is 17.8. The third-order valence-corrected chi connectivity index (χ3v) is 5.22. The van der Waals surface area contributed by atoms with Crippen LogP contribution in [0.4, 0.5) is 16.2 Å². The molecule has 2 N–H and O–H groups in total. The van der Waals surface area contributed by atoms with Crippen molar-refractivity contribution in [3.63, 3.8) is 0 Å². The zero-order chi connectivity index (χ0) is 22.2. The normalized spacial score (nSPS) is 13.9. The van der Waals surface area contributed by atoms with Gasteiger partial charge < -0.3 is 25.2 Å². The lowest BCUT2D eigenvalue weighted by molar-refractivity contribution is -0.136. The van der Waals surface area contributed by atoms with E-state index in [-0.39, 0.29) is 12.0 Å². The smallest absolute Gasteiger partial charge is 0.410 e. The molecule has 0 aliphatic carbocycles. The minimum Gasteiger partial charge on any atom is -0.410 e. The second-order valence-corrected chi connectivity index (χ2v) is 7.72. The van der Waals surface area contributed by atoms with Crippen molar-refractivity contribution in [1.82, 2.24) is 10.2 Å². The van der Waals surface area contributed by atoms with Crippen LogP contribution in [0.25, 0.3) is 0 Å². The number of amides is 3. The number of nitrogens with zero attached hydrogens (tertiary/aromatic N) is 2. The van der Waals surface area contributed by atoms with E-state index in [2.05, 4.69) is 10.6 Å². The van der Waals surface area contributed by atoms with Crippen LogP contribution in [0.1, 0.15) is 12.8 Å². The van der Waals surface area contributed by atoms with Gasteiger partial charge in [-0.1, -0.05) is 18.2 Å². The molecule has 0 spiro atoms. The molecular formula is C23H28N4O4. The maximum absolute atomic E-state index is 12.2. The summed E-state index contributed by atoms with van der Waals surface area (Å²) in [6.07, 6.45) is 1.10. The highest BCUT2D eigenvalue weighted by atomic mass is 16.6. The lowest BCUT2D eigenvalue weighted by Gasteiger charge is -2.31. The second kappa shape index (κ2) is 10.5. The van der Waals surface area contributed by atoms with E-state index in [9.17, 15) is 14.4 Å². The number of hydrogen-bond acceptors (Lipinski definition) is 5. The number of hydrogen-bond donors (Lipinski definition) is 2. The fraction of sp³-hybridized carbons (Fsp3) is 0.348. The first-order chi connectivity index (χ1) is 14.9. The van der Waals surface area contributed by atoms with Crippen LogP contribution >= 0.6 is 0 Å². The zero-order valence-electron chi connectivity index (χ0n) is 17.8. The van der Waals surface area contributed by atoms with Gasteiger partial charge in [0, 0.05) is 45.1 Å². The second-order valence-electron chi connectivity index (χ2n) is 7.72. The number of benzene rings is 2. The molecule has 2 aromatic carbocycles. The minimum atomic E-state index is -0.693. The Bertz CT molecular complexity index is 892. The molecule has 8 heteroatoms. The molecule has 1 aliphatic rings. The Balaban J connectivity index is 1.38. The Morgan fingerprint density at radius 3 is 2.23 bits per heavy atom. The van der Waals surface area contributed by atoms with Gasteiger partial charge in [-0.25, -0.2) is 4.79 Å². The summed E-state index contributed by atoms with van der Waals surface area (Å²) < 4.78 is 5.36. The van der Waals surface area contributed by atoms with Crippen molar-refractivity contribution in [2.24, 2.45) is 5.92 Å². The van der Waals surface area contributed by atoms with Crippen LogP contribution in [-0.4, -0.2) is 56.5 Å². The Morgan fingerprint density at radius 1 is 0.968 bits per heavy atom. The predicted molar refractivity (Wildman–Crippen MR) is 119 cm³/mol. The molecule has 1 saturated heterocycles. The van der Waals surface area contributed by atoms with Crippen molar-refractivity contribution < 1.29 is 19.1 Å². The number of nitrogens with one attached hydrogen (secondary N) is 2. The van der Waals surface area contributed by atoms with Gasteiger partial charge in [-0.3, -0.25) is 9.59 Å². The molecule has 1 fully saturated rings. The van der Waals surface area contributed by atoms with Crippen molar-refractivity contribution in [2.75, 3.05) is 43.9 Å². The molecule has 0 aromatic heterocycles. The lowest BCUT2D eigenvalue weighted by atomic mass is 9.97. The quantitative estimate of drug-likeness (QED) is 0.721. The van der Waals surface area contributed by atoms with E-state index >= 15 is 0 Å². The van der Waals surface area contributed by atoms with Crippen molar-refractivity contribution >= 4 is 29.3 Å². The average Bonchev–Trinajstić information content (AvgIpc) is 2.78. The third kappa shape index (κ3) is 6.47. The van der Waals surface area contributed by atoms with Crippen LogP contribution in [0.5, 0.6) is 5.75 Å². The number of piperidine rings is 1. The first-order valence-corrected chi connectivity index (χ1v) is 10.3. The van der Waals surface area contributed by atoms with Crippen LogP contribution in [0.2, 0.25) is 0 Å². The fourth-order valence-electron chi connectivity index (χ4n) is 3.32. The summed E-state index contributed by atoms with van der Waals surface area (Å²) in [5.41, 5.74) is 1.57. The van der Waals surface area contributed by atoms with Crippen LogP contribution in [-0.2, 0) is 9.59 Å². The molecule has 164 valence electrons. The number of rotatable bonds is 5. The number of para-hydroxylation sites is 1. The maximum atomic E-state index is 12.2. The SMILES string of the molecule is CN(C)c1ccc(NC(=O)C(=O)NCC2CCN(C(=O)Oc3ccccc3)CC2)cc1. The molecule has 0 saturated carbocycles. The van der Waals surface area contributed by atoms with E-state index in [1.807, 2.05) is 49.3 Å². The first-order valence-electron chi connectivity index (χ1n) is 10.3. The van der Waals surface area contributed by atoms with Crippen LogP contribution in [0, 0.1) is 5.92 Å². The van der Waals surface area contributed by atoms with Gasteiger partial charge in [0.05, 0.1) is 0 Å². The molecule has 8 nitrogen and oxygen atoms in total. The summed E-state index contributed by atoms with van der Waals surface area (Å²) in [5.74, 6) is -0.634. The molecule has 1 aliphatic heterocycles. The topological polar surface area (TPSA) is 91.0 Å². The Labute approximate surface area is 182 Å². The van der Waals surface area contributed by atoms with Gasteiger partial charge in [0.1, 0.15) is 5.75 Å². The molecule has 2 aromatic rings. The summed E-state index contributed by atoms with van der Waals surface area (Å²) in [5, 5.41) is 5.29. The number of carbonyl (C=O) groups is 3. The summed E-state index contributed by atoms with van der Waals surface area (Å²) in [6, 6.07) is 16.2. The maximum Gasteiger partial charge on any atom is 0.415 e. The fourth-order valence-corrected chi connectivity index (χ4v) is 3.32. The molecule has 0 radical (unpaired) electrons. The van der Waals surface area contributed by atoms with Crippen LogP contribution < -0.4 is 20.3 Å². The minimum absolute atomic E-state index is 0.205. The molecule has 31 heavy (non-hydrogen) atoms. The predicted octanol–water partition coefficient (Wildman–Crippen LogP) is 2.72. The Morgan fingerprint density at radius 2 is 1.61 bits per heavy atom. The van der Waals surface area contributed by atoms with E-state index in [0.29, 0.717) is 31.1 Å². The third-order valence-electron chi connectivity index (χ3n) is 5.22. The molecule has 0 unspecified atom stereocenters. The van der Waals surface area contributed by atoms with E-state index in [1.54, 1.807) is 29.2 Å². The van der Waals surface area contributed by atoms with Gasteiger partial charge in [0.25, 0.3) is 0 Å². The average molecular weight is 425 g/mol. The summed E-state index contributed by atoms with van der Waals surface area (Å²) >= 11 is 0. The molecule has 3 amide bonds. The lowest BCUT2D eigenvalue weighted by Crippen LogP contribution is -2.44. The van der Waals surface area contributed by atoms with Gasteiger partial charge in [-0.2, -0.15) is 0 Å². The Hall–Kier alpha value is -3.55. The number of carbonyl (C=O) groups excluding carboxylic acids is 3. The first kappa shape index (κ1) is 22.1. The standard InChI is InChI=1S/C23H28N4O4/c1-26(2)19-10-8-18(9-11-19)25-22(29)21(28)24-16-17-12-14-27(15-13-17)23(30)31-20-6-4-3-5-7-20/h3-11,17H,12-16H2,1-2H3,(H,24,28)(H,25,29). The molecule has 1 heterocycles. The van der Waals surface area contributed by atoms with E-state index in [1.165, 1.54) is 0 Å². The van der Waals surface area contributed by atoms with Crippen molar-refractivity contribution in [3.05, 3.63) is 54.6 Å². The largest absolute Gasteiger partial charge is 0.415 e. The molecular weight excluding hydrogens is 396 g/mol. The summed E-state index contributed by atoms with van der Waals surface area (Å²) in [4.78, 5) is 40.1. The highest BCUT2D eigenvalue weighted by Crippen LogP contribution is 2.19.